The molecule has 2 rings (SSSR count). The van der Waals surface area contributed by atoms with Crippen LogP contribution in [0.4, 0.5) is 0 Å². The molecule has 0 unspecified atom stereocenters. The number of nitrogens with one attached hydrogen (secondary N) is 1. The quantitative estimate of drug-likeness (QED) is 0.916. The van der Waals surface area contributed by atoms with Gasteiger partial charge in [-0.2, -0.15) is 0 Å². The van der Waals surface area contributed by atoms with E-state index in [-0.39, 0.29) is 0 Å². The summed E-state index contributed by atoms with van der Waals surface area (Å²) in [5, 5.41) is 3.68. The van der Waals surface area contributed by atoms with Gasteiger partial charge in [-0.15, -0.1) is 0 Å². The van der Waals surface area contributed by atoms with E-state index in [1.165, 1.54) is 36.0 Å². The van der Waals surface area contributed by atoms with E-state index in [1.807, 2.05) is 0 Å². The monoisotopic (exact) mass is 310 g/mol. The zero-order valence-electron chi connectivity index (χ0n) is 11.3. The molecule has 0 radical (unpaired) electrons. The molecule has 1 aliphatic heterocycles. The average molecular weight is 311 g/mol. The summed E-state index contributed by atoms with van der Waals surface area (Å²) in [5.41, 5.74) is 1.35. The molecule has 1 aliphatic rings. The highest BCUT2D eigenvalue weighted by atomic mass is 79.9. The van der Waals surface area contributed by atoms with Crippen molar-refractivity contribution in [3.63, 3.8) is 0 Å². The van der Waals surface area contributed by atoms with Crippen LogP contribution in [0.5, 0.6) is 0 Å². The van der Waals surface area contributed by atoms with Crippen LogP contribution in [0.3, 0.4) is 0 Å². The number of likely N-dealkylation sites (tertiary alicyclic amines) is 1. The smallest absolute Gasteiger partial charge is 0.0303 e. The van der Waals surface area contributed by atoms with Crippen LogP contribution in [-0.4, -0.2) is 31.6 Å². The molecule has 1 saturated heterocycles. The molecular formula is C15H23BrN2. The van der Waals surface area contributed by atoms with Crippen LogP contribution < -0.4 is 5.32 Å². The third kappa shape index (κ3) is 3.81. The molecule has 0 amide bonds. The van der Waals surface area contributed by atoms with Crippen molar-refractivity contribution in [1.29, 1.82) is 0 Å². The van der Waals surface area contributed by atoms with Crippen molar-refractivity contribution in [3.05, 3.63) is 34.3 Å². The first-order chi connectivity index (χ1) is 8.66. The summed E-state index contributed by atoms with van der Waals surface area (Å²) in [4.78, 5) is 2.42. The maximum Gasteiger partial charge on any atom is 0.0303 e. The van der Waals surface area contributed by atoms with Gasteiger partial charge >= 0.3 is 0 Å². The van der Waals surface area contributed by atoms with Gasteiger partial charge in [-0.3, -0.25) is 0 Å². The summed E-state index contributed by atoms with van der Waals surface area (Å²) in [7, 11) is 2.22. The first-order valence-corrected chi connectivity index (χ1v) is 7.62. The van der Waals surface area contributed by atoms with Crippen LogP contribution in [0.25, 0.3) is 0 Å². The second kappa shape index (κ2) is 6.69. The normalized spacial score (nSPS) is 19.9. The predicted molar refractivity (Wildman–Crippen MR) is 80.8 cm³/mol. The van der Waals surface area contributed by atoms with Crippen molar-refractivity contribution in [2.45, 2.75) is 25.8 Å². The van der Waals surface area contributed by atoms with Crippen molar-refractivity contribution in [3.8, 4) is 0 Å². The lowest BCUT2D eigenvalue weighted by Gasteiger charge is -2.30. The molecule has 0 spiro atoms. The Morgan fingerprint density at radius 2 is 2.00 bits per heavy atom. The fraction of sp³-hybridized carbons (Fsp3) is 0.600. The minimum atomic E-state index is 0.417. The van der Waals surface area contributed by atoms with Gasteiger partial charge < -0.3 is 10.2 Å². The van der Waals surface area contributed by atoms with E-state index in [9.17, 15) is 0 Å². The molecule has 1 fully saturated rings. The predicted octanol–water partition coefficient (Wildman–Crippen LogP) is 3.44. The molecule has 1 N–H and O–H groups in total. The Hall–Kier alpha value is -0.380. The van der Waals surface area contributed by atoms with Gasteiger partial charge in [0.25, 0.3) is 0 Å². The van der Waals surface area contributed by atoms with Gasteiger partial charge in [0.05, 0.1) is 0 Å². The number of hydrogen-bond donors (Lipinski definition) is 1. The van der Waals surface area contributed by atoms with Gasteiger partial charge in [0.2, 0.25) is 0 Å². The zero-order chi connectivity index (χ0) is 13.0. The van der Waals surface area contributed by atoms with Gasteiger partial charge in [-0.25, -0.2) is 0 Å². The summed E-state index contributed by atoms with van der Waals surface area (Å²) in [5.74, 6) is 0.839. The molecule has 0 aromatic heterocycles. The number of piperidine rings is 1. The highest BCUT2D eigenvalue weighted by molar-refractivity contribution is 9.10. The molecule has 1 aromatic rings. The standard InChI is InChI=1S/C15H23BrN2/c1-12(14-5-3-4-6-15(14)16)17-11-13-7-9-18(2)10-8-13/h3-6,12-13,17H,7-11H2,1-2H3/t12-/m1/s1. The Bertz CT molecular complexity index is 373. The number of halogens is 1. The van der Waals surface area contributed by atoms with Gasteiger partial charge in [0.15, 0.2) is 0 Å². The summed E-state index contributed by atoms with van der Waals surface area (Å²) < 4.78 is 1.20. The Labute approximate surface area is 119 Å². The Balaban J connectivity index is 1.81. The van der Waals surface area contributed by atoms with E-state index in [2.05, 4.69) is 64.4 Å². The maximum atomic E-state index is 3.68. The van der Waals surface area contributed by atoms with Crippen LogP contribution in [-0.2, 0) is 0 Å². The molecule has 18 heavy (non-hydrogen) atoms. The number of nitrogens with zero attached hydrogens (tertiary/aromatic N) is 1. The maximum absolute atomic E-state index is 3.68. The summed E-state index contributed by atoms with van der Waals surface area (Å²) in [6.07, 6.45) is 2.65. The number of hydrogen-bond acceptors (Lipinski definition) is 2. The van der Waals surface area contributed by atoms with Crippen LogP contribution in [0.15, 0.2) is 28.7 Å². The van der Waals surface area contributed by atoms with Gasteiger partial charge in [0, 0.05) is 10.5 Å². The lowest BCUT2D eigenvalue weighted by molar-refractivity contribution is 0.213. The van der Waals surface area contributed by atoms with Crippen LogP contribution in [0.2, 0.25) is 0 Å². The molecule has 1 aromatic carbocycles. The Morgan fingerprint density at radius 1 is 1.33 bits per heavy atom. The molecular weight excluding hydrogens is 288 g/mol. The highest BCUT2D eigenvalue weighted by Gasteiger charge is 2.17. The fourth-order valence-corrected chi connectivity index (χ4v) is 3.17. The van der Waals surface area contributed by atoms with Crippen LogP contribution >= 0.6 is 15.9 Å². The average Bonchev–Trinajstić information content (AvgIpc) is 2.38. The van der Waals surface area contributed by atoms with Crippen molar-refractivity contribution >= 4 is 15.9 Å². The minimum absolute atomic E-state index is 0.417. The third-order valence-corrected chi connectivity index (χ3v) is 4.64. The van der Waals surface area contributed by atoms with E-state index in [0.717, 1.165) is 12.5 Å². The second-order valence-corrected chi connectivity index (χ2v) is 6.25. The van der Waals surface area contributed by atoms with Gasteiger partial charge in [-0.1, -0.05) is 34.1 Å². The van der Waals surface area contributed by atoms with Gasteiger partial charge in [0.1, 0.15) is 0 Å². The molecule has 2 nitrogen and oxygen atoms in total. The third-order valence-electron chi connectivity index (χ3n) is 3.92. The van der Waals surface area contributed by atoms with E-state index >= 15 is 0 Å². The van der Waals surface area contributed by atoms with Gasteiger partial charge in [-0.05, 0) is 64.0 Å². The molecule has 1 heterocycles. The molecule has 0 saturated carbocycles. The Morgan fingerprint density at radius 3 is 2.67 bits per heavy atom. The molecule has 3 heteroatoms. The highest BCUT2D eigenvalue weighted by Crippen LogP contribution is 2.23. The SMILES string of the molecule is C[C@@H](NCC1CCN(C)CC1)c1ccccc1Br. The number of rotatable bonds is 4. The molecule has 1 atom stereocenters. The topological polar surface area (TPSA) is 15.3 Å². The summed E-state index contributed by atoms with van der Waals surface area (Å²) in [6, 6.07) is 8.89. The molecule has 0 aliphatic carbocycles. The Kier molecular flexibility index (Phi) is 5.22. The van der Waals surface area contributed by atoms with E-state index < -0.39 is 0 Å². The molecule has 0 bridgehead atoms. The van der Waals surface area contributed by atoms with E-state index in [4.69, 9.17) is 0 Å². The van der Waals surface area contributed by atoms with Crippen molar-refractivity contribution in [1.82, 2.24) is 10.2 Å². The van der Waals surface area contributed by atoms with E-state index in [1.54, 1.807) is 0 Å². The van der Waals surface area contributed by atoms with Crippen molar-refractivity contribution in [2.75, 3.05) is 26.7 Å². The lowest BCUT2D eigenvalue weighted by Crippen LogP contribution is -2.35. The summed E-state index contributed by atoms with van der Waals surface area (Å²) in [6.45, 7) is 5.87. The molecule has 100 valence electrons. The van der Waals surface area contributed by atoms with Crippen molar-refractivity contribution < 1.29 is 0 Å². The number of benzene rings is 1. The lowest BCUT2D eigenvalue weighted by atomic mass is 9.96. The van der Waals surface area contributed by atoms with E-state index in [0.29, 0.717) is 6.04 Å². The van der Waals surface area contributed by atoms with Crippen LogP contribution in [0.1, 0.15) is 31.4 Å². The zero-order valence-corrected chi connectivity index (χ0v) is 12.9. The van der Waals surface area contributed by atoms with Crippen LogP contribution in [0, 0.1) is 5.92 Å². The first kappa shape index (κ1) is 14.0. The summed E-state index contributed by atoms with van der Waals surface area (Å²) >= 11 is 3.62. The first-order valence-electron chi connectivity index (χ1n) is 6.83. The van der Waals surface area contributed by atoms with Crippen molar-refractivity contribution in [2.24, 2.45) is 5.92 Å². The minimum Gasteiger partial charge on any atom is -0.310 e. The largest absolute Gasteiger partial charge is 0.310 e. The second-order valence-electron chi connectivity index (χ2n) is 5.40. The fourth-order valence-electron chi connectivity index (χ4n) is 2.55.